The summed E-state index contributed by atoms with van der Waals surface area (Å²) in [4.78, 5) is 2.92. The van der Waals surface area contributed by atoms with E-state index in [4.69, 9.17) is 0 Å². The molecule has 148 valence electrons. The van der Waals surface area contributed by atoms with E-state index in [2.05, 4.69) is 43.4 Å². The number of nitrogens with two attached hydrogens (primary N) is 1. The van der Waals surface area contributed by atoms with E-state index in [1.54, 1.807) is 0 Å². The van der Waals surface area contributed by atoms with Crippen molar-refractivity contribution in [3.8, 4) is 0 Å². The largest absolute Gasteiger partial charge is 0.351 e. The number of hydrazone groups is 1. The lowest BCUT2D eigenvalue weighted by molar-refractivity contribution is -0.597. The molecule has 5 N–H and O–H groups in total. The van der Waals surface area contributed by atoms with Crippen LogP contribution in [0.2, 0.25) is 0 Å². The number of hydrogen-bond acceptors (Lipinski definition) is 1. The third kappa shape index (κ3) is 157. The van der Waals surface area contributed by atoms with Gasteiger partial charge in [-0.15, -0.1) is 4.68 Å². The van der Waals surface area contributed by atoms with Gasteiger partial charge in [0.15, 0.2) is 13.3 Å². The zero-order valence-electron chi connectivity index (χ0n) is 16.1. The fraction of sp³-hybridized carbons (Fsp3) is 0.889. The summed E-state index contributed by atoms with van der Waals surface area (Å²) in [6.45, 7) is 12.7. The lowest BCUT2D eigenvalue weighted by Gasteiger charge is -2.05. The quantitative estimate of drug-likeness (QED) is 0.249. The molecule has 0 aromatic heterocycles. The topological polar surface area (TPSA) is 57.6 Å². The molecule has 23 heavy (non-hydrogen) atoms. The highest BCUT2D eigenvalue weighted by atomic mass is 15.4. The van der Waals surface area contributed by atoms with Crippen molar-refractivity contribution in [1.29, 1.82) is 0 Å². The fourth-order valence-corrected chi connectivity index (χ4v) is 0.254. The van der Waals surface area contributed by atoms with E-state index in [-0.39, 0.29) is 22.3 Å². The predicted octanol–water partition coefficient (Wildman–Crippen LogP) is 0.959. The van der Waals surface area contributed by atoms with Crippen molar-refractivity contribution in [2.45, 2.75) is 63.8 Å². The van der Waals surface area contributed by atoms with Crippen LogP contribution < -0.4 is 21.1 Å². The third-order valence-electron chi connectivity index (χ3n) is 1.49. The van der Waals surface area contributed by atoms with Crippen molar-refractivity contribution in [3.05, 3.63) is 0 Å². The number of hydrazine groups is 1. The van der Waals surface area contributed by atoms with Gasteiger partial charge in [-0.3, -0.25) is 10.3 Å². The number of rotatable bonds is 1. The highest BCUT2D eigenvalue weighted by Crippen LogP contribution is 2.07. The molecule has 5 heteroatoms. The van der Waals surface area contributed by atoms with Crippen molar-refractivity contribution in [1.82, 2.24) is 10.7 Å². The van der Waals surface area contributed by atoms with Gasteiger partial charge in [-0.05, 0) is 5.41 Å². The molecule has 0 aromatic carbocycles. The Bertz CT molecular complexity index is 204. The summed E-state index contributed by atoms with van der Waals surface area (Å²) in [6.07, 6.45) is 1.94. The molecule has 0 bridgehead atoms. The first-order valence-corrected chi connectivity index (χ1v) is 7.16. The van der Waals surface area contributed by atoms with E-state index in [0.717, 1.165) is 5.84 Å². The molecular weight excluding hydrogens is 286 g/mol. The zero-order valence-corrected chi connectivity index (χ0v) is 16.1. The number of nitrogens with zero attached hydrogens (tertiary/aromatic N) is 1. The van der Waals surface area contributed by atoms with Gasteiger partial charge in [-0.25, -0.2) is 5.43 Å². The Morgan fingerprint density at radius 2 is 1.30 bits per heavy atom. The molecule has 0 amide bonds. The Kier molecular flexibility index (Phi) is 61.3. The summed E-state index contributed by atoms with van der Waals surface area (Å²) < 4.78 is 1.88. The summed E-state index contributed by atoms with van der Waals surface area (Å²) in [7, 11) is 11.6. The second kappa shape index (κ2) is 32.7. The Morgan fingerprint density at radius 3 is 1.30 bits per heavy atom. The van der Waals surface area contributed by atoms with E-state index >= 15 is 0 Å². The van der Waals surface area contributed by atoms with Crippen molar-refractivity contribution in [2.75, 3.05) is 42.3 Å². The summed E-state index contributed by atoms with van der Waals surface area (Å²) in [5, 5.41) is 4.92. The van der Waals surface area contributed by atoms with Crippen LogP contribution in [0.25, 0.3) is 0 Å². The maximum Gasteiger partial charge on any atom is 0.238 e. The fourth-order valence-electron chi connectivity index (χ4n) is 0.254. The second-order valence-electron chi connectivity index (χ2n) is 5.80. The first-order chi connectivity index (χ1) is 9.03. The standard InChI is InChI=1S/C5H12.C4H11N2.C4H10N2.C2H7N.3CH4/c1-5(2,3)4;1-4-6(3)5-2;1-4(5-2)6-3;1-3-2;;;/h1-4H3;4-5H,1-3H3;1-3H3,(H,5,6);3H,1-2H3;3*1H4/q;+1;;;;;/p+2/b;6-4+;;;;;. The summed E-state index contributed by atoms with van der Waals surface area (Å²) in [5.74, 6) is 1.09. The van der Waals surface area contributed by atoms with Crippen LogP contribution in [0.3, 0.4) is 0 Å². The van der Waals surface area contributed by atoms with Crippen LogP contribution in [-0.4, -0.2) is 59.0 Å². The summed E-state index contributed by atoms with van der Waals surface area (Å²) >= 11 is 0. The van der Waals surface area contributed by atoms with Crippen LogP contribution >= 0.6 is 0 Å². The van der Waals surface area contributed by atoms with Gasteiger partial charge in [0.05, 0.1) is 35.2 Å². The zero-order chi connectivity index (χ0) is 17.2. The van der Waals surface area contributed by atoms with Gasteiger partial charge in [0.25, 0.3) is 0 Å². The monoisotopic (exact) mass is 340 g/mol. The Hall–Kier alpha value is -1.10. The number of nitrogens with one attached hydrogen (secondary N) is 3. The third-order valence-corrected chi connectivity index (χ3v) is 1.49. The van der Waals surface area contributed by atoms with Gasteiger partial charge in [-0.2, -0.15) is 0 Å². The van der Waals surface area contributed by atoms with Crippen molar-refractivity contribution < 1.29 is 15.0 Å². The Balaban J connectivity index is -0.0000000291. The minimum Gasteiger partial charge on any atom is -0.351 e. The predicted molar refractivity (Wildman–Crippen MR) is 113 cm³/mol. The average Bonchev–Trinajstić information content (AvgIpc) is 2.36. The van der Waals surface area contributed by atoms with Gasteiger partial charge in [0, 0.05) is 13.8 Å². The normalized spacial score (nSPS) is 9.39. The minimum atomic E-state index is 0. The summed E-state index contributed by atoms with van der Waals surface area (Å²) in [5.41, 5.74) is 3.39. The van der Waals surface area contributed by atoms with E-state index in [1.807, 2.05) is 72.3 Å². The second-order valence-corrected chi connectivity index (χ2v) is 5.80. The lowest BCUT2D eigenvalue weighted by atomic mass is 10.0. The maximum absolute atomic E-state index is 2.92. The number of quaternary nitrogens is 1. The van der Waals surface area contributed by atoms with Crippen LogP contribution in [0.15, 0.2) is 0 Å². The lowest BCUT2D eigenvalue weighted by Crippen LogP contribution is -2.74. The van der Waals surface area contributed by atoms with Crippen LogP contribution in [0, 0.1) is 5.41 Å². The van der Waals surface area contributed by atoms with Crippen LogP contribution in [-0.2, 0) is 0 Å². The molecule has 0 aromatic rings. The molecule has 0 aliphatic heterocycles. The molecule has 0 fully saturated rings. The first kappa shape index (κ1) is 43.1. The maximum atomic E-state index is 2.92. The molecule has 0 aliphatic carbocycles. The van der Waals surface area contributed by atoms with E-state index < -0.39 is 0 Å². The molecule has 0 spiro atoms. The highest BCUT2D eigenvalue weighted by molar-refractivity contribution is 5.72. The highest BCUT2D eigenvalue weighted by Gasteiger charge is 1.95. The van der Waals surface area contributed by atoms with E-state index in [1.165, 1.54) is 0 Å². The van der Waals surface area contributed by atoms with Crippen molar-refractivity contribution in [3.63, 3.8) is 0 Å². The molecule has 0 radical (unpaired) electrons. The Morgan fingerprint density at radius 1 is 1.04 bits per heavy atom. The smallest absolute Gasteiger partial charge is 0.238 e. The minimum absolute atomic E-state index is 0. The molecule has 0 saturated heterocycles. The number of amidine groups is 1. The average molecular weight is 341 g/mol. The molecule has 0 saturated carbocycles. The van der Waals surface area contributed by atoms with E-state index in [9.17, 15) is 0 Å². The SMILES string of the molecule is C.C.C.C/C=[N+](\C)NC.CC(C)(C)C.CNC(C)=[NH+]C.C[NH2+]C. The first-order valence-electron chi connectivity index (χ1n) is 7.16. The van der Waals surface area contributed by atoms with Crippen LogP contribution in [0.5, 0.6) is 0 Å². The molecule has 0 heterocycles. The molecule has 0 rings (SSSR count). The molecule has 0 unspecified atom stereocenters. The van der Waals surface area contributed by atoms with Gasteiger partial charge >= 0.3 is 0 Å². The van der Waals surface area contributed by atoms with Gasteiger partial charge in [0.2, 0.25) is 5.84 Å². The number of hydrogen-bond donors (Lipinski definition) is 4. The molecule has 5 nitrogen and oxygen atoms in total. The van der Waals surface area contributed by atoms with Crippen molar-refractivity contribution >= 4 is 12.1 Å². The Labute approximate surface area is 150 Å². The van der Waals surface area contributed by atoms with Gasteiger partial charge < -0.3 is 5.32 Å². The molecular formula is C18H54N5+3. The molecule has 0 atom stereocenters. The molecule has 0 aliphatic rings. The van der Waals surface area contributed by atoms with Crippen LogP contribution in [0.4, 0.5) is 0 Å². The van der Waals surface area contributed by atoms with Gasteiger partial charge in [-0.1, -0.05) is 50.0 Å². The van der Waals surface area contributed by atoms with E-state index in [0.29, 0.717) is 5.41 Å². The van der Waals surface area contributed by atoms with Gasteiger partial charge in [0.1, 0.15) is 0 Å². The summed E-state index contributed by atoms with van der Waals surface area (Å²) in [6, 6.07) is 0. The van der Waals surface area contributed by atoms with Crippen LogP contribution in [0.1, 0.15) is 63.8 Å². The van der Waals surface area contributed by atoms with Crippen molar-refractivity contribution in [2.24, 2.45) is 5.41 Å².